The molecule has 1 atom stereocenters. The van der Waals surface area contributed by atoms with Crippen LogP contribution in [0.4, 0.5) is 5.69 Å². The number of non-ortho nitro benzene ring substituents is 1. The molecular formula is C18H20N2O7. The molecule has 1 heterocycles. The van der Waals surface area contributed by atoms with Crippen molar-refractivity contribution in [3.05, 3.63) is 51.6 Å². The Bertz CT molecular complexity index is 798. The van der Waals surface area contributed by atoms with Gasteiger partial charge in [0.15, 0.2) is 5.78 Å². The molecule has 1 aliphatic heterocycles. The van der Waals surface area contributed by atoms with Crippen LogP contribution in [-0.2, 0) is 23.9 Å². The lowest BCUT2D eigenvalue weighted by Crippen LogP contribution is -2.56. The van der Waals surface area contributed by atoms with Gasteiger partial charge in [-0.15, -0.1) is 0 Å². The van der Waals surface area contributed by atoms with Gasteiger partial charge in [0.1, 0.15) is 0 Å². The molecule has 1 aromatic carbocycles. The van der Waals surface area contributed by atoms with Gasteiger partial charge in [-0.05, 0) is 32.4 Å². The van der Waals surface area contributed by atoms with Crippen LogP contribution in [0.5, 0.6) is 0 Å². The average molecular weight is 376 g/mol. The fourth-order valence-electron chi connectivity index (χ4n) is 2.86. The summed E-state index contributed by atoms with van der Waals surface area (Å²) < 4.78 is 10.0. The molecule has 9 nitrogen and oxygen atoms in total. The normalized spacial score (nSPS) is 17.7. The minimum absolute atomic E-state index is 0.0202. The van der Waals surface area contributed by atoms with Gasteiger partial charge in [-0.1, -0.05) is 12.1 Å². The highest BCUT2D eigenvalue weighted by Crippen LogP contribution is 2.36. The third kappa shape index (κ3) is 3.87. The van der Waals surface area contributed by atoms with Crippen molar-refractivity contribution in [2.24, 2.45) is 0 Å². The van der Waals surface area contributed by atoms with Crippen LogP contribution >= 0.6 is 0 Å². The smallest absolute Gasteiger partial charge is 0.342 e. The first-order chi connectivity index (χ1) is 12.8. The van der Waals surface area contributed by atoms with E-state index in [1.54, 1.807) is 19.9 Å². The van der Waals surface area contributed by atoms with E-state index in [4.69, 9.17) is 9.47 Å². The predicted octanol–water partition coefficient (Wildman–Crippen LogP) is 1.62. The summed E-state index contributed by atoms with van der Waals surface area (Å²) >= 11 is 0. The summed E-state index contributed by atoms with van der Waals surface area (Å²) in [5, 5.41) is 13.9. The number of nitrogens with zero attached hydrogens (tertiary/aromatic N) is 1. The Morgan fingerprint density at radius 1 is 1.19 bits per heavy atom. The minimum atomic E-state index is -2.00. The summed E-state index contributed by atoms with van der Waals surface area (Å²) in [6.45, 7) is 4.49. The van der Waals surface area contributed by atoms with Gasteiger partial charge in [-0.3, -0.25) is 20.2 Å². The number of Topliss-reactive ketones (excluding diaryl/α,β-unsaturated/α-hetero) is 1. The standard InChI is InChI=1S/C18H20N2O7/c1-4-26-16(22)18(17(23)27-5-2)10-14(11(3)21)15(19-18)12-7-6-8-13(9-12)20(24)25/h6-10,15,19H,4-5H2,1-3H3/t15-/m0/s1. The number of nitrogens with one attached hydrogen (secondary N) is 1. The first-order valence-corrected chi connectivity index (χ1v) is 8.37. The van der Waals surface area contributed by atoms with Crippen molar-refractivity contribution >= 4 is 23.4 Å². The third-order valence-corrected chi connectivity index (χ3v) is 4.07. The van der Waals surface area contributed by atoms with Gasteiger partial charge < -0.3 is 9.47 Å². The van der Waals surface area contributed by atoms with Crippen LogP contribution in [0.1, 0.15) is 32.4 Å². The summed E-state index contributed by atoms with van der Waals surface area (Å²) in [6, 6.07) is 4.70. The van der Waals surface area contributed by atoms with Crippen molar-refractivity contribution in [2.75, 3.05) is 13.2 Å². The monoisotopic (exact) mass is 376 g/mol. The number of nitro groups is 1. The fourth-order valence-corrected chi connectivity index (χ4v) is 2.86. The van der Waals surface area contributed by atoms with Gasteiger partial charge in [0, 0.05) is 17.7 Å². The number of nitro benzene ring substituents is 1. The molecule has 0 spiro atoms. The summed E-state index contributed by atoms with van der Waals surface area (Å²) in [5.41, 5.74) is -1.69. The molecule has 0 amide bonds. The number of carbonyl (C=O) groups is 3. The van der Waals surface area contributed by atoms with Crippen molar-refractivity contribution in [2.45, 2.75) is 32.4 Å². The number of hydrogen-bond donors (Lipinski definition) is 1. The molecule has 1 N–H and O–H groups in total. The van der Waals surface area contributed by atoms with E-state index in [1.165, 1.54) is 31.2 Å². The second kappa shape index (κ2) is 8.09. The van der Waals surface area contributed by atoms with Crippen molar-refractivity contribution in [3.63, 3.8) is 0 Å². The maximum absolute atomic E-state index is 12.6. The first kappa shape index (κ1) is 20.2. The van der Waals surface area contributed by atoms with E-state index in [-0.39, 0.29) is 24.5 Å². The lowest BCUT2D eigenvalue weighted by molar-refractivity contribution is -0.384. The van der Waals surface area contributed by atoms with Crippen LogP contribution in [0.15, 0.2) is 35.9 Å². The minimum Gasteiger partial charge on any atom is -0.464 e. The Balaban J connectivity index is 2.56. The quantitative estimate of drug-likeness (QED) is 0.329. The third-order valence-electron chi connectivity index (χ3n) is 4.07. The molecule has 1 aromatic rings. The van der Waals surface area contributed by atoms with Crippen molar-refractivity contribution in [1.82, 2.24) is 5.32 Å². The molecular weight excluding hydrogens is 356 g/mol. The van der Waals surface area contributed by atoms with E-state index in [0.29, 0.717) is 5.56 Å². The Labute approximate surface area is 155 Å². The molecule has 27 heavy (non-hydrogen) atoms. The zero-order valence-corrected chi connectivity index (χ0v) is 15.2. The highest BCUT2D eigenvalue weighted by molar-refractivity contribution is 6.11. The van der Waals surface area contributed by atoms with E-state index >= 15 is 0 Å². The topological polar surface area (TPSA) is 125 Å². The summed E-state index contributed by atoms with van der Waals surface area (Å²) in [4.78, 5) is 47.7. The van der Waals surface area contributed by atoms with Gasteiger partial charge in [0.25, 0.3) is 5.69 Å². The zero-order valence-electron chi connectivity index (χ0n) is 15.2. The lowest BCUT2D eigenvalue weighted by Gasteiger charge is -2.25. The van der Waals surface area contributed by atoms with Crippen LogP contribution in [0.3, 0.4) is 0 Å². The van der Waals surface area contributed by atoms with E-state index in [2.05, 4.69) is 5.32 Å². The number of carbonyl (C=O) groups excluding carboxylic acids is 3. The number of hydrogen-bond acceptors (Lipinski definition) is 8. The maximum atomic E-state index is 12.6. The van der Waals surface area contributed by atoms with E-state index in [9.17, 15) is 24.5 Å². The molecule has 0 aliphatic carbocycles. The highest BCUT2D eigenvalue weighted by atomic mass is 16.6. The number of benzene rings is 1. The first-order valence-electron chi connectivity index (χ1n) is 8.37. The molecule has 0 radical (unpaired) electrons. The second-order valence-corrected chi connectivity index (χ2v) is 5.83. The maximum Gasteiger partial charge on any atom is 0.342 e. The van der Waals surface area contributed by atoms with Crippen LogP contribution in [0.25, 0.3) is 0 Å². The van der Waals surface area contributed by atoms with Crippen LogP contribution in [-0.4, -0.2) is 41.4 Å². The summed E-state index contributed by atoms with van der Waals surface area (Å²) in [6.07, 6.45) is 1.19. The summed E-state index contributed by atoms with van der Waals surface area (Å²) in [7, 11) is 0. The molecule has 0 unspecified atom stereocenters. The Kier molecular flexibility index (Phi) is 6.06. The van der Waals surface area contributed by atoms with Crippen molar-refractivity contribution in [3.8, 4) is 0 Å². The summed E-state index contributed by atoms with van der Waals surface area (Å²) in [5.74, 6) is -2.21. The van der Waals surface area contributed by atoms with Gasteiger partial charge in [0.2, 0.25) is 5.54 Å². The molecule has 9 heteroatoms. The number of ether oxygens (including phenoxy) is 2. The van der Waals surface area contributed by atoms with E-state index < -0.39 is 34.2 Å². The Morgan fingerprint density at radius 3 is 2.26 bits per heavy atom. The Hall–Kier alpha value is -3.07. The van der Waals surface area contributed by atoms with Crippen LogP contribution in [0.2, 0.25) is 0 Å². The molecule has 0 fully saturated rings. The molecule has 0 saturated carbocycles. The largest absolute Gasteiger partial charge is 0.464 e. The van der Waals surface area contributed by atoms with Crippen molar-refractivity contribution < 1.29 is 28.8 Å². The van der Waals surface area contributed by atoms with Gasteiger partial charge in [-0.2, -0.15) is 0 Å². The SMILES string of the molecule is CCOC(=O)C1(C(=O)OCC)C=C(C(C)=O)[C@H](c2cccc([N+](=O)[O-])c2)N1. The van der Waals surface area contributed by atoms with Gasteiger partial charge >= 0.3 is 11.9 Å². The molecule has 0 bridgehead atoms. The number of esters is 2. The highest BCUT2D eigenvalue weighted by Gasteiger charge is 2.54. The van der Waals surface area contributed by atoms with Crippen LogP contribution in [0, 0.1) is 10.1 Å². The van der Waals surface area contributed by atoms with Crippen LogP contribution < -0.4 is 5.32 Å². The Morgan fingerprint density at radius 2 is 1.78 bits per heavy atom. The number of rotatable bonds is 7. The van der Waals surface area contributed by atoms with Crippen molar-refractivity contribution in [1.29, 1.82) is 0 Å². The molecule has 1 aliphatic rings. The molecule has 144 valence electrons. The lowest BCUT2D eigenvalue weighted by atomic mass is 9.97. The fraction of sp³-hybridized carbons (Fsp3) is 0.389. The predicted molar refractivity (Wildman–Crippen MR) is 93.7 cm³/mol. The van der Waals surface area contributed by atoms with E-state index in [0.717, 1.165) is 0 Å². The van der Waals surface area contributed by atoms with Gasteiger partial charge in [0.05, 0.1) is 24.2 Å². The molecule has 0 saturated heterocycles. The average Bonchev–Trinajstić information content (AvgIpc) is 3.05. The van der Waals surface area contributed by atoms with Gasteiger partial charge in [-0.25, -0.2) is 9.59 Å². The molecule has 0 aromatic heterocycles. The second-order valence-electron chi connectivity index (χ2n) is 5.83. The number of ketones is 1. The molecule has 2 rings (SSSR count). The zero-order chi connectivity index (χ0) is 20.2. The van der Waals surface area contributed by atoms with E-state index in [1.807, 2.05) is 0 Å².